The van der Waals surface area contributed by atoms with Gasteiger partial charge in [-0.25, -0.2) is 0 Å². The van der Waals surface area contributed by atoms with E-state index < -0.39 is 5.97 Å². The lowest BCUT2D eigenvalue weighted by atomic mass is 10.0. The minimum Gasteiger partial charge on any atom is -0.481 e. The summed E-state index contributed by atoms with van der Waals surface area (Å²) < 4.78 is 5.31. The lowest BCUT2D eigenvalue weighted by Crippen LogP contribution is -2.40. The van der Waals surface area contributed by atoms with Crippen molar-refractivity contribution >= 4 is 11.9 Å². The first-order valence-corrected chi connectivity index (χ1v) is 5.66. The molecule has 3 atom stereocenters. The summed E-state index contributed by atoms with van der Waals surface area (Å²) in [6.45, 7) is 4.24. The van der Waals surface area contributed by atoms with Crippen molar-refractivity contribution in [3.05, 3.63) is 0 Å². The van der Waals surface area contributed by atoms with Crippen LogP contribution in [0.3, 0.4) is 0 Å². The molecule has 0 aromatic carbocycles. The van der Waals surface area contributed by atoms with Gasteiger partial charge in [0.1, 0.15) is 0 Å². The van der Waals surface area contributed by atoms with Crippen molar-refractivity contribution < 1.29 is 19.4 Å². The summed E-state index contributed by atoms with van der Waals surface area (Å²) in [5.41, 5.74) is 0. The smallest absolute Gasteiger partial charge is 0.305 e. The van der Waals surface area contributed by atoms with Crippen LogP contribution in [0.5, 0.6) is 0 Å². The molecule has 3 unspecified atom stereocenters. The fourth-order valence-electron chi connectivity index (χ4n) is 1.83. The molecule has 1 rings (SSSR count). The van der Waals surface area contributed by atoms with Crippen molar-refractivity contribution in [2.24, 2.45) is 5.92 Å². The molecule has 92 valence electrons. The van der Waals surface area contributed by atoms with E-state index in [1.165, 1.54) is 0 Å². The SMILES string of the molecule is CCC(CC(=O)O)NC(=O)C1COC(C)C1. The molecular formula is C11H19NO4. The van der Waals surface area contributed by atoms with E-state index in [1.54, 1.807) is 0 Å². The number of rotatable bonds is 5. The van der Waals surface area contributed by atoms with E-state index in [0.717, 1.165) is 6.42 Å². The summed E-state index contributed by atoms with van der Waals surface area (Å²) in [5, 5.41) is 11.4. The third-order valence-electron chi connectivity index (χ3n) is 2.83. The molecule has 0 aromatic rings. The zero-order valence-electron chi connectivity index (χ0n) is 9.73. The van der Waals surface area contributed by atoms with E-state index in [4.69, 9.17) is 9.84 Å². The average Bonchev–Trinajstić information content (AvgIpc) is 2.63. The molecular weight excluding hydrogens is 210 g/mol. The van der Waals surface area contributed by atoms with Gasteiger partial charge in [0.2, 0.25) is 5.91 Å². The van der Waals surface area contributed by atoms with Gasteiger partial charge in [0.25, 0.3) is 0 Å². The fourth-order valence-corrected chi connectivity index (χ4v) is 1.83. The summed E-state index contributed by atoms with van der Waals surface area (Å²) in [7, 11) is 0. The molecule has 5 heteroatoms. The number of hydrogen-bond acceptors (Lipinski definition) is 3. The Balaban J connectivity index is 2.39. The lowest BCUT2D eigenvalue weighted by Gasteiger charge is -2.17. The Bertz CT molecular complexity index is 267. The minimum absolute atomic E-state index is 0.0224. The van der Waals surface area contributed by atoms with Crippen LogP contribution in [0, 0.1) is 5.92 Å². The van der Waals surface area contributed by atoms with Gasteiger partial charge in [0.15, 0.2) is 0 Å². The Labute approximate surface area is 95.2 Å². The Morgan fingerprint density at radius 1 is 1.56 bits per heavy atom. The molecule has 1 fully saturated rings. The van der Waals surface area contributed by atoms with Crippen molar-refractivity contribution in [1.82, 2.24) is 5.32 Å². The third kappa shape index (κ3) is 3.81. The molecule has 0 saturated carbocycles. The van der Waals surface area contributed by atoms with E-state index in [0.29, 0.717) is 13.0 Å². The molecule has 0 spiro atoms. The summed E-state index contributed by atoms with van der Waals surface area (Å²) >= 11 is 0. The number of carbonyl (C=O) groups is 2. The Morgan fingerprint density at radius 3 is 2.69 bits per heavy atom. The quantitative estimate of drug-likeness (QED) is 0.730. The number of amides is 1. The zero-order valence-corrected chi connectivity index (χ0v) is 9.73. The van der Waals surface area contributed by atoms with Crippen LogP contribution in [0.25, 0.3) is 0 Å². The molecule has 0 aliphatic carbocycles. The number of carboxylic acid groups (broad SMARTS) is 1. The topological polar surface area (TPSA) is 75.6 Å². The van der Waals surface area contributed by atoms with Gasteiger partial charge in [-0.3, -0.25) is 9.59 Å². The average molecular weight is 229 g/mol. The van der Waals surface area contributed by atoms with Crippen molar-refractivity contribution in [2.45, 2.75) is 45.3 Å². The van der Waals surface area contributed by atoms with E-state index in [9.17, 15) is 9.59 Å². The maximum atomic E-state index is 11.8. The maximum Gasteiger partial charge on any atom is 0.305 e. The summed E-state index contributed by atoms with van der Waals surface area (Å²) in [5.74, 6) is -1.10. The Kier molecular flexibility index (Phi) is 4.73. The predicted octanol–water partition coefficient (Wildman–Crippen LogP) is 0.781. The fraction of sp³-hybridized carbons (Fsp3) is 0.818. The van der Waals surface area contributed by atoms with Crippen LogP contribution >= 0.6 is 0 Å². The Hall–Kier alpha value is -1.10. The van der Waals surface area contributed by atoms with Crippen LogP contribution in [0.1, 0.15) is 33.1 Å². The van der Waals surface area contributed by atoms with Gasteiger partial charge in [-0.2, -0.15) is 0 Å². The van der Waals surface area contributed by atoms with E-state index in [-0.39, 0.29) is 30.4 Å². The van der Waals surface area contributed by atoms with Crippen LogP contribution in [-0.2, 0) is 14.3 Å². The highest BCUT2D eigenvalue weighted by Crippen LogP contribution is 2.19. The highest BCUT2D eigenvalue weighted by Gasteiger charge is 2.29. The second-order valence-electron chi connectivity index (χ2n) is 4.29. The number of hydrogen-bond donors (Lipinski definition) is 2. The zero-order chi connectivity index (χ0) is 12.1. The molecule has 0 radical (unpaired) electrons. The van der Waals surface area contributed by atoms with Crippen molar-refractivity contribution in [3.63, 3.8) is 0 Å². The molecule has 1 amide bonds. The van der Waals surface area contributed by atoms with Gasteiger partial charge in [-0.15, -0.1) is 0 Å². The van der Waals surface area contributed by atoms with Gasteiger partial charge in [-0.1, -0.05) is 6.92 Å². The first kappa shape index (κ1) is 13.0. The number of nitrogens with one attached hydrogen (secondary N) is 1. The largest absolute Gasteiger partial charge is 0.481 e. The second kappa shape index (κ2) is 5.84. The molecule has 1 heterocycles. The van der Waals surface area contributed by atoms with E-state index >= 15 is 0 Å². The molecule has 1 aliphatic heterocycles. The monoisotopic (exact) mass is 229 g/mol. The van der Waals surface area contributed by atoms with Gasteiger partial charge in [-0.05, 0) is 19.8 Å². The number of ether oxygens (including phenoxy) is 1. The third-order valence-corrected chi connectivity index (χ3v) is 2.83. The van der Waals surface area contributed by atoms with Gasteiger partial charge < -0.3 is 15.2 Å². The molecule has 1 saturated heterocycles. The molecule has 0 aromatic heterocycles. The summed E-state index contributed by atoms with van der Waals surface area (Å²) in [6, 6.07) is -0.277. The van der Waals surface area contributed by atoms with Gasteiger partial charge in [0.05, 0.1) is 25.0 Å². The summed E-state index contributed by atoms with van der Waals surface area (Å²) in [4.78, 5) is 22.3. The van der Waals surface area contributed by atoms with Gasteiger partial charge in [0, 0.05) is 6.04 Å². The number of carboxylic acids is 1. The van der Waals surface area contributed by atoms with Crippen LogP contribution in [0.2, 0.25) is 0 Å². The van der Waals surface area contributed by atoms with E-state index in [1.807, 2.05) is 13.8 Å². The first-order chi connectivity index (χ1) is 7.52. The van der Waals surface area contributed by atoms with Crippen LogP contribution < -0.4 is 5.32 Å². The van der Waals surface area contributed by atoms with Crippen LogP contribution in [0.4, 0.5) is 0 Å². The molecule has 5 nitrogen and oxygen atoms in total. The lowest BCUT2D eigenvalue weighted by molar-refractivity contribution is -0.137. The maximum absolute atomic E-state index is 11.8. The molecule has 2 N–H and O–H groups in total. The van der Waals surface area contributed by atoms with Crippen LogP contribution in [-0.4, -0.2) is 35.7 Å². The standard InChI is InChI=1S/C11H19NO4/c1-3-9(5-10(13)14)12-11(15)8-4-7(2)16-6-8/h7-9H,3-6H2,1-2H3,(H,12,15)(H,13,14). The Morgan fingerprint density at radius 2 is 2.25 bits per heavy atom. The minimum atomic E-state index is -0.886. The molecule has 1 aliphatic rings. The highest BCUT2D eigenvalue weighted by molar-refractivity contribution is 5.80. The van der Waals surface area contributed by atoms with Crippen LogP contribution in [0.15, 0.2) is 0 Å². The first-order valence-electron chi connectivity index (χ1n) is 5.66. The van der Waals surface area contributed by atoms with Gasteiger partial charge >= 0.3 is 5.97 Å². The van der Waals surface area contributed by atoms with E-state index in [2.05, 4.69) is 5.32 Å². The highest BCUT2D eigenvalue weighted by atomic mass is 16.5. The predicted molar refractivity (Wildman–Crippen MR) is 58.0 cm³/mol. The van der Waals surface area contributed by atoms with Crippen molar-refractivity contribution in [1.29, 1.82) is 0 Å². The number of aliphatic carboxylic acids is 1. The number of carbonyl (C=O) groups excluding carboxylic acids is 1. The van der Waals surface area contributed by atoms with Crippen molar-refractivity contribution in [2.75, 3.05) is 6.61 Å². The second-order valence-corrected chi connectivity index (χ2v) is 4.29. The summed E-state index contributed by atoms with van der Waals surface area (Å²) in [6.07, 6.45) is 1.44. The molecule has 16 heavy (non-hydrogen) atoms. The molecule has 0 bridgehead atoms. The van der Waals surface area contributed by atoms with Crippen molar-refractivity contribution in [3.8, 4) is 0 Å². The normalized spacial score (nSPS) is 26.4.